The van der Waals surface area contributed by atoms with E-state index in [2.05, 4.69) is 10.1 Å². The Hall–Kier alpha value is -4.06. The van der Waals surface area contributed by atoms with E-state index in [-0.39, 0.29) is 17.9 Å². The molecule has 0 spiro atoms. The molecule has 6 heteroatoms. The Bertz CT molecular complexity index is 1200. The first-order chi connectivity index (χ1) is 14.6. The van der Waals surface area contributed by atoms with Gasteiger partial charge in [0.25, 0.3) is 0 Å². The van der Waals surface area contributed by atoms with Gasteiger partial charge in [0, 0.05) is 23.5 Å². The molecule has 0 unspecified atom stereocenters. The highest BCUT2D eigenvalue weighted by Crippen LogP contribution is 2.23. The maximum Gasteiger partial charge on any atom is 0.336 e. The second kappa shape index (κ2) is 8.53. The molecule has 1 N–H and O–H groups in total. The Morgan fingerprint density at radius 2 is 1.70 bits per heavy atom. The molecule has 0 atom stereocenters. The molecule has 30 heavy (non-hydrogen) atoms. The number of nitrogens with zero attached hydrogens (tertiary/aromatic N) is 3. The van der Waals surface area contributed by atoms with Gasteiger partial charge in [0.15, 0.2) is 0 Å². The van der Waals surface area contributed by atoms with Crippen molar-refractivity contribution >= 4 is 12.2 Å². The Kier molecular flexibility index (Phi) is 5.48. The van der Waals surface area contributed by atoms with Crippen LogP contribution in [0.5, 0.6) is 0 Å². The summed E-state index contributed by atoms with van der Waals surface area (Å²) in [5.74, 6) is -1.30. The normalized spacial score (nSPS) is 11.1. The summed E-state index contributed by atoms with van der Waals surface area (Å²) in [4.78, 5) is 15.8. The van der Waals surface area contributed by atoms with Crippen LogP contribution in [0.15, 0.2) is 90.1 Å². The third-order valence-corrected chi connectivity index (χ3v) is 4.62. The van der Waals surface area contributed by atoms with Gasteiger partial charge in [0.1, 0.15) is 11.5 Å². The van der Waals surface area contributed by atoms with Crippen LogP contribution in [0.4, 0.5) is 4.39 Å². The summed E-state index contributed by atoms with van der Waals surface area (Å²) >= 11 is 0. The predicted octanol–water partition coefficient (Wildman–Crippen LogP) is 5.00. The number of hydrogen-bond donors (Lipinski definition) is 1. The van der Waals surface area contributed by atoms with E-state index in [0.29, 0.717) is 11.3 Å². The van der Waals surface area contributed by atoms with Crippen LogP contribution >= 0.6 is 0 Å². The molecular weight excluding hydrogens is 381 g/mol. The van der Waals surface area contributed by atoms with Crippen LogP contribution < -0.4 is 0 Å². The van der Waals surface area contributed by atoms with Crippen molar-refractivity contribution in [2.24, 2.45) is 4.99 Å². The zero-order valence-corrected chi connectivity index (χ0v) is 15.9. The molecule has 0 aliphatic rings. The van der Waals surface area contributed by atoms with Gasteiger partial charge in [-0.15, -0.1) is 0 Å². The fraction of sp³-hybridized carbons (Fsp3) is 0.0417. The standard InChI is InChI=1S/C24H18FN3O2/c25-20-12-10-17(11-13-20)23-19(16-28(27-23)21-7-2-1-3-8-21)15-26-14-18-6-4-5-9-22(18)24(29)30/h1-13,15-16H,14H2,(H,29,30). The summed E-state index contributed by atoms with van der Waals surface area (Å²) in [6, 6.07) is 22.5. The Labute approximate surface area is 172 Å². The number of benzene rings is 3. The minimum atomic E-state index is -0.982. The third kappa shape index (κ3) is 4.17. The van der Waals surface area contributed by atoms with Crippen molar-refractivity contribution in [2.75, 3.05) is 0 Å². The zero-order chi connectivity index (χ0) is 20.9. The highest BCUT2D eigenvalue weighted by atomic mass is 19.1. The molecule has 148 valence electrons. The fourth-order valence-electron chi connectivity index (χ4n) is 3.14. The zero-order valence-electron chi connectivity index (χ0n) is 15.9. The number of carboxylic acids is 1. The van der Waals surface area contributed by atoms with Gasteiger partial charge >= 0.3 is 5.97 Å². The van der Waals surface area contributed by atoms with Crippen LogP contribution in [0.1, 0.15) is 21.5 Å². The van der Waals surface area contributed by atoms with Crippen LogP contribution in [0.25, 0.3) is 16.9 Å². The van der Waals surface area contributed by atoms with Gasteiger partial charge in [0.05, 0.1) is 17.8 Å². The number of carboxylic acid groups (broad SMARTS) is 1. The quantitative estimate of drug-likeness (QED) is 0.464. The summed E-state index contributed by atoms with van der Waals surface area (Å²) in [6.07, 6.45) is 3.52. The molecule has 4 aromatic rings. The highest BCUT2D eigenvalue weighted by Gasteiger charge is 2.12. The minimum Gasteiger partial charge on any atom is -0.478 e. The smallest absolute Gasteiger partial charge is 0.336 e. The molecular formula is C24H18FN3O2. The Morgan fingerprint density at radius 1 is 1.00 bits per heavy atom. The topological polar surface area (TPSA) is 67.5 Å². The molecule has 1 aromatic heterocycles. The molecule has 5 nitrogen and oxygen atoms in total. The van der Waals surface area contributed by atoms with Crippen molar-refractivity contribution in [1.29, 1.82) is 0 Å². The molecule has 0 saturated heterocycles. The number of aromatic nitrogens is 2. The van der Waals surface area contributed by atoms with Gasteiger partial charge < -0.3 is 5.11 Å². The van der Waals surface area contributed by atoms with E-state index in [1.807, 2.05) is 36.5 Å². The van der Waals surface area contributed by atoms with Gasteiger partial charge in [-0.3, -0.25) is 4.99 Å². The van der Waals surface area contributed by atoms with Crippen LogP contribution in [0.2, 0.25) is 0 Å². The number of carbonyl (C=O) groups is 1. The van der Waals surface area contributed by atoms with Gasteiger partial charge in [-0.05, 0) is 48.0 Å². The number of para-hydroxylation sites is 1. The number of rotatable bonds is 6. The molecule has 1 heterocycles. The first-order valence-electron chi connectivity index (χ1n) is 9.34. The molecule has 0 aliphatic carbocycles. The lowest BCUT2D eigenvalue weighted by Crippen LogP contribution is -2.01. The molecule has 0 saturated carbocycles. The van der Waals surface area contributed by atoms with Crippen molar-refractivity contribution in [3.63, 3.8) is 0 Å². The van der Waals surface area contributed by atoms with E-state index in [1.54, 1.807) is 47.3 Å². The summed E-state index contributed by atoms with van der Waals surface area (Å²) < 4.78 is 15.1. The SMILES string of the molecule is O=C(O)c1ccccc1CN=Cc1cn(-c2ccccc2)nc1-c1ccc(F)cc1. The second-order valence-electron chi connectivity index (χ2n) is 6.65. The van der Waals surface area contributed by atoms with Crippen LogP contribution in [-0.4, -0.2) is 27.1 Å². The Balaban J connectivity index is 1.69. The van der Waals surface area contributed by atoms with Gasteiger partial charge in [-0.2, -0.15) is 5.10 Å². The monoisotopic (exact) mass is 399 g/mol. The van der Waals surface area contributed by atoms with E-state index in [1.165, 1.54) is 12.1 Å². The van der Waals surface area contributed by atoms with E-state index >= 15 is 0 Å². The second-order valence-corrected chi connectivity index (χ2v) is 6.65. The van der Waals surface area contributed by atoms with Crippen LogP contribution in [-0.2, 0) is 6.54 Å². The highest BCUT2D eigenvalue weighted by molar-refractivity contribution is 5.90. The van der Waals surface area contributed by atoms with Gasteiger partial charge in [-0.25, -0.2) is 13.9 Å². The Morgan fingerprint density at radius 3 is 2.43 bits per heavy atom. The molecule has 4 rings (SSSR count). The fourth-order valence-corrected chi connectivity index (χ4v) is 3.14. The molecule has 0 bridgehead atoms. The summed E-state index contributed by atoms with van der Waals surface area (Å²) in [7, 11) is 0. The molecule has 0 amide bonds. The number of halogens is 1. The lowest BCUT2D eigenvalue weighted by Gasteiger charge is -2.02. The lowest BCUT2D eigenvalue weighted by molar-refractivity contribution is 0.0695. The van der Waals surface area contributed by atoms with E-state index in [4.69, 9.17) is 0 Å². The minimum absolute atomic E-state index is 0.224. The molecule has 0 fully saturated rings. The summed E-state index contributed by atoms with van der Waals surface area (Å²) in [6.45, 7) is 0.224. The first-order valence-corrected chi connectivity index (χ1v) is 9.34. The van der Waals surface area contributed by atoms with E-state index < -0.39 is 5.97 Å². The summed E-state index contributed by atoms with van der Waals surface area (Å²) in [5.41, 5.74) is 3.91. The van der Waals surface area contributed by atoms with Crippen molar-refractivity contribution in [2.45, 2.75) is 6.54 Å². The van der Waals surface area contributed by atoms with Crippen molar-refractivity contribution in [3.8, 4) is 16.9 Å². The average molecular weight is 399 g/mol. The number of aliphatic imine (C=N–C) groups is 1. The molecule has 3 aromatic carbocycles. The average Bonchev–Trinajstić information content (AvgIpc) is 3.19. The van der Waals surface area contributed by atoms with Gasteiger partial charge in [0.2, 0.25) is 0 Å². The number of aromatic carboxylic acids is 1. The summed E-state index contributed by atoms with van der Waals surface area (Å²) in [5, 5.41) is 14.0. The number of hydrogen-bond acceptors (Lipinski definition) is 3. The van der Waals surface area contributed by atoms with Gasteiger partial charge in [-0.1, -0.05) is 36.4 Å². The molecule has 0 radical (unpaired) electrons. The first kappa shape index (κ1) is 19.3. The maximum absolute atomic E-state index is 13.4. The van der Waals surface area contributed by atoms with E-state index in [0.717, 1.165) is 16.8 Å². The largest absolute Gasteiger partial charge is 0.478 e. The van der Waals surface area contributed by atoms with E-state index in [9.17, 15) is 14.3 Å². The predicted molar refractivity (Wildman–Crippen MR) is 114 cm³/mol. The third-order valence-electron chi connectivity index (χ3n) is 4.62. The van der Waals surface area contributed by atoms with Crippen LogP contribution in [0.3, 0.4) is 0 Å². The maximum atomic E-state index is 13.4. The van der Waals surface area contributed by atoms with Crippen molar-refractivity contribution in [3.05, 3.63) is 108 Å². The lowest BCUT2D eigenvalue weighted by atomic mass is 10.1. The van der Waals surface area contributed by atoms with Crippen molar-refractivity contribution < 1.29 is 14.3 Å². The van der Waals surface area contributed by atoms with Crippen molar-refractivity contribution in [1.82, 2.24) is 9.78 Å². The van der Waals surface area contributed by atoms with Crippen LogP contribution in [0, 0.1) is 5.82 Å². The molecule has 0 aliphatic heterocycles.